The van der Waals surface area contributed by atoms with Gasteiger partial charge >= 0.3 is 6.18 Å². The third kappa shape index (κ3) is 3.16. The monoisotopic (exact) mass is 317 g/mol. The molecule has 1 aromatic carbocycles. The third-order valence-electron chi connectivity index (χ3n) is 4.20. The molecule has 1 heterocycles. The van der Waals surface area contributed by atoms with Gasteiger partial charge in [-0.2, -0.15) is 13.2 Å². The zero-order valence-electron chi connectivity index (χ0n) is 12.6. The molecule has 1 saturated heterocycles. The SMILES string of the molecule is C[C@@H]1CN(c2cc(C(F)(F)F)ccc2[N+](=O)[O-])C[C@H](C)N1C. The number of likely N-dealkylation sites (N-methyl/N-ethyl adjacent to an activating group) is 1. The summed E-state index contributed by atoms with van der Waals surface area (Å²) in [5.41, 5.74) is -1.13. The van der Waals surface area contributed by atoms with E-state index in [1.807, 2.05) is 20.9 Å². The molecule has 1 aliphatic rings. The highest BCUT2D eigenvalue weighted by atomic mass is 19.4. The number of nitrogens with zero attached hydrogens (tertiary/aromatic N) is 3. The summed E-state index contributed by atoms with van der Waals surface area (Å²) in [7, 11) is 1.94. The van der Waals surface area contributed by atoms with E-state index in [0.717, 1.165) is 18.2 Å². The summed E-state index contributed by atoms with van der Waals surface area (Å²) in [5.74, 6) is 0. The molecule has 0 radical (unpaired) electrons. The molecule has 0 aliphatic carbocycles. The van der Waals surface area contributed by atoms with E-state index < -0.39 is 16.7 Å². The van der Waals surface area contributed by atoms with Crippen molar-refractivity contribution in [3.63, 3.8) is 0 Å². The highest BCUT2D eigenvalue weighted by molar-refractivity contribution is 5.65. The summed E-state index contributed by atoms with van der Waals surface area (Å²) in [6.07, 6.45) is -4.52. The van der Waals surface area contributed by atoms with Crippen molar-refractivity contribution in [1.82, 2.24) is 4.90 Å². The number of rotatable bonds is 2. The lowest BCUT2D eigenvalue weighted by Gasteiger charge is -2.43. The van der Waals surface area contributed by atoms with Crippen molar-refractivity contribution in [3.05, 3.63) is 33.9 Å². The normalized spacial score (nSPS) is 23.6. The molecular weight excluding hydrogens is 299 g/mol. The minimum Gasteiger partial charge on any atom is -0.363 e. The number of hydrogen-bond donors (Lipinski definition) is 0. The van der Waals surface area contributed by atoms with Gasteiger partial charge in [-0.3, -0.25) is 15.0 Å². The van der Waals surface area contributed by atoms with Gasteiger partial charge in [-0.15, -0.1) is 0 Å². The Morgan fingerprint density at radius 2 is 1.77 bits per heavy atom. The van der Waals surface area contributed by atoms with Crippen LogP contribution < -0.4 is 4.90 Å². The first-order valence-electron chi connectivity index (χ1n) is 6.93. The van der Waals surface area contributed by atoms with Crippen LogP contribution in [0, 0.1) is 10.1 Å². The molecule has 0 N–H and O–H groups in total. The quantitative estimate of drug-likeness (QED) is 0.621. The Morgan fingerprint density at radius 1 is 1.23 bits per heavy atom. The number of halogens is 3. The van der Waals surface area contributed by atoms with Gasteiger partial charge in [0.2, 0.25) is 0 Å². The molecule has 22 heavy (non-hydrogen) atoms. The largest absolute Gasteiger partial charge is 0.416 e. The van der Waals surface area contributed by atoms with E-state index in [-0.39, 0.29) is 23.5 Å². The van der Waals surface area contributed by atoms with Gasteiger partial charge < -0.3 is 4.90 Å². The highest BCUT2D eigenvalue weighted by Gasteiger charge is 2.35. The van der Waals surface area contributed by atoms with Crippen LogP contribution in [0.3, 0.4) is 0 Å². The van der Waals surface area contributed by atoms with Crippen LogP contribution in [-0.4, -0.2) is 42.0 Å². The first-order valence-corrected chi connectivity index (χ1v) is 6.93. The summed E-state index contributed by atoms with van der Waals surface area (Å²) in [5, 5.41) is 11.1. The van der Waals surface area contributed by atoms with Gasteiger partial charge in [0.15, 0.2) is 0 Å². The predicted octanol–water partition coefficient (Wildman–Crippen LogP) is 3.14. The molecule has 2 rings (SSSR count). The Hall–Kier alpha value is -1.83. The highest BCUT2D eigenvalue weighted by Crippen LogP contribution is 2.37. The average Bonchev–Trinajstić information content (AvgIpc) is 2.42. The van der Waals surface area contributed by atoms with E-state index in [0.29, 0.717) is 13.1 Å². The van der Waals surface area contributed by atoms with E-state index >= 15 is 0 Å². The molecule has 2 atom stereocenters. The fourth-order valence-electron chi connectivity index (χ4n) is 2.71. The van der Waals surface area contributed by atoms with Crippen LogP contribution >= 0.6 is 0 Å². The second-order valence-electron chi connectivity index (χ2n) is 5.73. The first-order chi connectivity index (χ1) is 10.1. The minimum absolute atomic E-state index is 0.0339. The predicted molar refractivity (Wildman–Crippen MR) is 77.0 cm³/mol. The average molecular weight is 317 g/mol. The fourth-order valence-corrected chi connectivity index (χ4v) is 2.71. The summed E-state index contributed by atoms with van der Waals surface area (Å²) >= 11 is 0. The topological polar surface area (TPSA) is 49.6 Å². The van der Waals surface area contributed by atoms with Gasteiger partial charge in [-0.25, -0.2) is 0 Å². The molecule has 1 aliphatic heterocycles. The lowest BCUT2D eigenvalue weighted by Crippen LogP contribution is -2.55. The van der Waals surface area contributed by atoms with Gasteiger partial charge in [0.05, 0.1) is 10.5 Å². The second-order valence-corrected chi connectivity index (χ2v) is 5.73. The number of piperazine rings is 1. The zero-order chi connectivity index (χ0) is 16.7. The number of hydrogen-bond acceptors (Lipinski definition) is 4. The molecule has 8 heteroatoms. The Labute approximate surface area is 126 Å². The standard InChI is InChI=1S/C14H18F3N3O2/c1-9-7-19(8-10(2)18(9)3)13-6-11(14(15,16)17)4-5-12(13)20(21)22/h4-6,9-10H,7-8H2,1-3H3/t9-,10+. The van der Waals surface area contributed by atoms with Crippen LogP contribution in [0.1, 0.15) is 19.4 Å². The van der Waals surface area contributed by atoms with Gasteiger partial charge in [0, 0.05) is 31.2 Å². The van der Waals surface area contributed by atoms with Crippen LogP contribution in [0.25, 0.3) is 0 Å². The Morgan fingerprint density at radius 3 is 2.23 bits per heavy atom. The van der Waals surface area contributed by atoms with Crippen LogP contribution in [-0.2, 0) is 6.18 Å². The molecule has 0 bridgehead atoms. The van der Waals surface area contributed by atoms with Crippen molar-refractivity contribution < 1.29 is 18.1 Å². The smallest absolute Gasteiger partial charge is 0.363 e. The van der Waals surface area contributed by atoms with Crippen molar-refractivity contribution in [2.24, 2.45) is 0 Å². The van der Waals surface area contributed by atoms with E-state index in [9.17, 15) is 23.3 Å². The van der Waals surface area contributed by atoms with Crippen LogP contribution in [0.15, 0.2) is 18.2 Å². The Kier molecular flexibility index (Phi) is 4.32. The Balaban J connectivity index is 2.45. The summed E-state index contributed by atoms with van der Waals surface area (Å²) in [4.78, 5) is 14.3. The van der Waals surface area contributed by atoms with Crippen molar-refractivity contribution in [3.8, 4) is 0 Å². The number of nitro groups is 1. The van der Waals surface area contributed by atoms with Crippen molar-refractivity contribution in [2.75, 3.05) is 25.0 Å². The molecule has 0 saturated carbocycles. The van der Waals surface area contributed by atoms with E-state index in [4.69, 9.17) is 0 Å². The van der Waals surface area contributed by atoms with Crippen molar-refractivity contribution in [1.29, 1.82) is 0 Å². The van der Waals surface area contributed by atoms with Crippen molar-refractivity contribution >= 4 is 11.4 Å². The molecule has 1 aromatic rings. The van der Waals surface area contributed by atoms with E-state index in [1.165, 1.54) is 0 Å². The third-order valence-corrected chi connectivity index (χ3v) is 4.20. The molecule has 5 nitrogen and oxygen atoms in total. The van der Waals surface area contributed by atoms with Gasteiger partial charge in [0.25, 0.3) is 5.69 Å². The van der Waals surface area contributed by atoms with Gasteiger partial charge in [-0.05, 0) is 33.0 Å². The molecule has 1 fully saturated rings. The van der Waals surface area contributed by atoms with E-state index in [2.05, 4.69) is 4.90 Å². The molecule has 122 valence electrons. The molecule has 0 unspecified atom stereocenters. The van der Waals surface area contributed by atoms with Gasteiger partial charge in [-0.1, -0.05) is 0 Å². The molecule has 0 amide bonds. The maximum absolute atomic E-state index is 12.9. The lowest BCUT2D eigenvalue weighted by molar-refractivity contribution is -0.384. The lowest BCUT2D eigenvalue weighted by atomic mass is 10.1. The molecule has 0 aromatic heterocycles. The maximum atomic E-state index is 12.9. The molecular formula is C14H18F3N3O2. The van der Waals surface area contributed by atoms with Crippen LogP contribution in [0.4, 0.5) is 24.5 Å². The van der Waals surface area contributed by atoms with Crippen molar-refractivity contribution in [2.45, 2.75) is 32.1 Å². The van der Waals surface area contributed by atoms with Crippen LogP contribution in [0.2, 0.25) is 0 Å². The zero-order valence-corrected chi connectivity index (χ0v) is 12.6. The summed E-state index contributed by atoms with van der Waals surface area (Å²) in [6, 6.07) is 2.76. The van der Waals surface area contributed by atoms with E-state index in [1.54, 1.807) is 4.90 Å². The number of alkyl halides is 3. The Bertz CT molecular complexity index is 565. The second kappa shape index (κ2) is 5.75. The number of nitro benzene ring substituents is 1. The summed E-state index contributed by atoms with van der Waals surface area (Å²) < 4.78 is 38.7. The van der Waals surface area contributed by atoms with Crippen LogP contribution in [0.5, 0.6) is 0 Å². The fraction of sp³-hybridized carbons (Fsp3) is 0.571. The first kappa shape index (κ1) is 16.5. The number of anilines is 1. The van der Waals surface area contributed by atoms with Gasteiger partial charge in [0.1, 0.15) is 5.69 Å². The molecule has 0 spiro atoms. The summed E-state index contributed by atoms with van der Waals surface area (Å²) in [6.45, 7) is 4.79. The maximum Gasteiger partial charge on any atom is 0.416 e. The minimum atomic E-state index is -4.52. The number of benzene rings is 1.